The van der Waals surface area contributed by atoms with Crippen LogP contribution in [-0.2, 0) is 19.7 Å². The number of methoxy groups -OCH3 is 2. The second-order valence-electron chi connectivity index (χ2n) is 10.4. The average molecular weight is 565 g/mol. The molecule has 1 aliphatic heterocycles. The van der Waals surface area contributed by atoms with Gasteiger partial charge in [-0.25, -0.2) is 9.79 Å². The minimum Gasteiger partial charge on any atom is -0.493 e. The Bertz CT molecular complexity index is 1590. The van der Waals surface area contributed by atoms with Gasteiger partial charge in [-0.1, -0.05) is 68.5 Å². The fourth-order valence-electron chi connectivity index (χ4n) is 4.61. The summed E-state index contributed by atoms with van der Waals surface area (Å²) in [6, 6.07) is 12.8. The van der Waals surface area contributed by atoms with Gasteiger partial charge in [-0.05, 0) is 42.5 Å². The van der Waals surface area contributed by atoms with Crippen LogP contribution in [0.25, 0.3) is 6.08 Å². The van der Waals surface area contributed by atoms with Gasteiger partial charge in [-0.3, -0.25) is 9.36 Å². The topological polar surface area (TPSA) is 88.4 Å². The Morgan fingerprint density at radius 1 is 1.10 bits per heavy atom. The summed E-state index contributed by atoms with van der Waals surface area (Å²) in [6.45, 7) is 10.8. The first kappa shape index (κ1) is 29.3. The van der Waals surface area contributed by atoms with Crippen LogP contribution in [0.15, 0.2) is 63.5 Å². The predicted octanol–water partition coefficient (Wildman–Crippen LogP) is 4.13. The van der Waals surface area contributed by atoms with Gasteiger partial charge in [0.2, 0.25) is 0 Å². The van der Waals surface area contributed by atoms with E-state index in [-0.39, 0.29) is 29.8 Å². The van der Waals surface area contributed by atoms with E-state index in [1.54, 1.807) is 24.7 Å². The lowest BCUT2D eigenvalue weighted by atomic mass is 9.87. The van der Waals surface area contributed by atoms with Crippen molar-refractivity contribution in [2.45, 2.75) is 46.1 Å². The van der Waals surface area contributed by atoms with Gasteiger partial charge >= 0.3 is 5.97 Å². The number of allylic oxidation sites excluding steroid dienone is 1. The van der Waals surface area contributed by atoms with E-state index in [0.717, 1.165) is 5.56 Å². The highest BCUT2D eigenvalue weighted by Crippen LogP contribution is 2.40. The van der Waals surface area contributed by atoms with E-state index >= 15 is 0 Å². The van der Waals surface area contributed by atoms with Crippen LogP contribution in [0.5, 0.6) is 11.5 Å². The number of nitrogens with zero attached hydrogens (tertiary/aromatic N) is 2. The molecule has 1 atom stereocenters. The molecule has 2 aromatic carbocycles. The van der Waals surface area contributed by atoms with Crippen molar-refractivity contribution >= 4 is 23.4 Å². The first-order valence-corrected chi connectivity index (χ1v) is 14.0. The fourth-order valence-corrected chi connectivity index (χ4v) is 5.66. The van der Waals surface area contributed by atoms with E-state index in [9.17, 15) is 9.59 Å². The van der Waals surface area contributed by atoms with Crippen LogP contribution in [0.3, 0.4) is 0 Å². The summed E-state index contributed by atoms with van der Waals surface area (Å²) in [6.07, 6.45) is 1.86. The molecule has 2 heterocycles. The first-order chi connectivity index (χ1) is 19.1. The zero-order valence-corrected chi connectivity index (χ0v) is 24.9. The third-order valence-corrected chi connectivity index (χ3v) is 7.63. The van der Waals surface area contributed by atoms with Gasteiger partial charge in [0.1, 0.15) is 12.6 Å². The number of esters is 1. The van der Waals surface area contributed by atoms with E-state index in [2.05, 4.69) is 37.9 Å². The van der Waals surface area contributed by atoms with Crippen LogP contribution in [0.2, 0.25) is 0 Å². The van der Waals surface area contributed by atoms with Gasteiger partial charge in [0.25, 0.3) is 5.56 Å². The van der Waals surface area contributed by atoms with E-state index in [1.165, 1.54) is 24.0 Å². The molecule has 0 N–H and O–H groups in total. The number of hydrogen-bond donors (Lipinski definition) is 0. The summed E-state index contributed by atoms with van der Waals surface area (Å²) in [5, 5.41) is 0. The maximum absolute atomic E-state index is 14.0. The van der Waals surface area contributed by atoms with Crippen molar-refractivity contribution in [1.29, 1.82) is 0 Å². The van der Waals surface area contributed by atoms with Crippen LogP contribution >= 0.6 is 11.3 Å². The second-order valence-corrected chi connectivity index (χ2v) is 11.4. The van der Waals surface area contributed by atoms with Gasteiger partial charge in [0.05, 0.1) is 36.1 Å². The number of para-hydroxylation sites is 1. The number of thiazole rings is 1. The van der Waals surface area contributed by atoms with Gasteiger partial charge in [0.15, 0.2) is 16.3 Å². The minimum absolute atomic E-state index is 0.0265. The average Bonchev–Trinajstić information content (AvgIpc) is 3.22. The maximum Gasteiger partial charge on any atom is 0.338 e. The van der Waals surface area contributed by atoms with Crippen molar-refractivity contribution in [2.24, 2.45) is 4.99 Å². The molecule has 0 unspecified atom stereocenters. The van der Waals surface area contributed by atoms with Gasteiger partial charge < -0.3 is 18.9 Å². The summed E-state index contributed by atoms with van der Waals surface area (Å²) < 4.78 is 24.2. The van der Waals surface area contributed by atoms with Crippen LogP contribution < -0.4 is 24.4 Å². The zero-order chi connectivity index (χ0) is 29.0. The normalized spacial score (nSPS) is 15.5. The van der Waals surface area contributed by atoms with Crippen LogP contribution in [0.1, 0.15) is 57.4 Å². The fraction of sp³-hybridized carbons (Fsp3) is 0.387. The molecule has 3 aromatic rings. The number of hydrogen-bond acceptors (Lipinski definition) is 8. The van der Waals surface area contributed by atoms with Crippen molar-refractivity contribution in [3.05, 3.63) is 90.1 Å². The highest BCUT2D eigenvalue weighted by Gasteiger charge is 2.36. The van der Waals surface area contributed by atoms with E-state index < -0.39 is 12.0 Å². The van der Waals surface area contributed by atoms with E-state index in [1.807, 2.05) is 37.3 Å². The van der Waals surface area contributed by atoms with Crippen molar-refractivity contribution in [3.8, 4) is 11.5 Å². The van der Waals surface area contributed by atoms with Gasteiger partial charge in [-0.15, -0.1) is 0 Å². The quantitative estimate of drug-likeness (QED) is 0.287. The Morgan fingerprint density at radius 3 is 2.45 bits per heavy atom. The molecule has 1 aromatic heterocycles. The number of carbonyl (C=O) groups excluding carboxylic acids is 1. The number of rotatable bonds is 9. The summed E-state index contributed by atoms with van der Waals surface area (Å²) in [4.78, 5) is 32.6. The number of benzene rings is 2. The van der Waals surface area contributed by atoms with Crippen molar-refractivity contribution in [1.82, 2.24) is 4.57 Å². The second kappa shape index (κ2) is 12.2. The zero-order valence-electron chi connectivity index (χ0n) is 24.1. The van der Waals surface area contributed by atoms with Crippen LogP contribution in [-0.4, -0.2) is 44.6 Å². The molecule has 0 spiro atoms. The SMILES string of the molecule is CCOc1c(OC)cccc1[C@H]1C(C(=O)OCCOC)=C(C)N=c2s/c(=C/c3ccc(C(C)(C)C)cc3)c(=O)n21. The molecule has 0 fully saturated rings. The molecule has 0 bridgehead atoms. The summed E-state index contributed by atoms with van der Waals surface area (Å²) >= 11 is 1.28. The summed E-state index contributed by atoms with van der Waals surface area (Å²) in [7, 11) is 3.09. The number of ether oxygens (including phenoxy) is 4. The van der Waals surface area contributed by atoms with E-state index in [4.69, 9.17) is 18.9 Å². The third-order valence-electron chi connectivity index (χ3n) is 6.65. The molecule has 0 radical (unpaired) electrons. The molecule has 40 heavy (non-hydrogen) atoms. The summed E-state index contributed by atoms with van der Waals surface area (Å²) in [5.74, 6) is 0.393. The molecule has 0 saturated carbocycles. The standard InChI is InChI=1S/C31H36N2O6S/c1-8-38-27-22(10-9-11-23(27)37-7)26-25(29(35)39-17-16-36-6)19(2)32-30-33(26)28(34)24(40-30)18-20-12-14-21(15-13-20)31(3,4)5/h9-15,18,26H,8,16-17H2,1-7H3/b24-18+/t26-/m0/s1. The van der Waals surface area contributed by atoms with Crippen molar-refractivity contribution in [3.63, 3.8) is 0 Å². The predicted molar refractivity (Wildman–Crippen MR) is 156 cm³/mol. The molecule has 0 amide bonds. The molecular formula is C31H36N2O6S. The lowest BCUT2D eigenvalue weighted by Gasteiger charge is -2.27. The molecule has 8 nitrogen and oxygen atoms in total. The van der Waals surface area contributed by atoms with Gasteiger partial charge in [0, 0.05) is 12.7 Å². The van der Waals surface area contributed by atoms with Crippen molar-refractivity contribution < 1.29 is 23.7 Å². The Balaban J connectivity index is 1.92. The van der Waals surface area contributed by atoms with Crippen LogP contribution in [0.4, 0.5) is 0 Å². The van der Waals surface area contributed by atoms with Gasteiger partial charge in [-0.2, -0.15) is 0 Å². The molecule has 0 saturated heterocycles. The highest BCUT2D eigenvalue weighted by molar-refractivity contribution is 7.07. The molecule has 1 aliphatic rings. The first-order valence-electron chi connectivity index (χ1n) is 13.2. The monoisotopic (exact) mass is 564 g/mol. The highest BCUT2D eigenvalue weighted by atomic mass is 32.1. The smallest absolute Gasteiger partial charge is 0.338 e. The lowest BCUT2D eigenvalue weighted by Crippen LogP contribution is -2.40. The Hall–Kier alpha value is -3.69. The van der Waals surface area contributed by atoms with Crippen molar-refractivity contribution in [2.75, 3.05) is 34.0 Å². The number of fused-ring (bicyclic) bond motifs is 1. The molecule has 0 aliphatic carbocycles. The third kappa shape index (κ3) is 5.90. The largest absolute Gasteiger partial charge is 0.493 e. The Kier molecular flexibility index (Phi) is 8.95. The number of aromatic nitrogens is 1. The van der Waals surface area contributed by atoms with Crippen LogP contribution in [0, 0.1) is 0 Å². The Morgan fingerprint density at radius 2 is 1.82 bits per heavy atom. The summed E-state index contributed by atoms with van der Waals surface area (Å²) in [5.41, 5.74) is 3.23. The molecule has 212 valence electrons. The molecular weight excluding hydrogens is 528 g/mol. The molecule has 9 heteroatoms. The van der Waals surface area contributed by atoms with E-state index in [0.29, 0.717) is 38.7 Å². The molecule has 4 rings (SSSR count). The lowest BCUT2D eigenvalue weighted by molar-refractivity contribution is -0.140. The number of carbonyl (C=O) groups is 1. The minimum atomic E-state index is -0.826. The Labute approximate surface area is 238 Å². The maximum atomic E-state index is 14.0.